The Morgan fingerprint density at radius 3 is 2.55 bits per heavy atom. The molecule has 6 nitrogen and oxygen atoms in total. The number of rotatable bonds is 6. The molecule has 0 bridgehead atoms. The number of carbonyl (C=O) groups is 2. The lowest BCUT2D eigenvalue weighted by Gasteiger charge is -2.15. The van der Waals surface area contributed by atoms with Crippen LogP contribution in [0.2, 0.25) is 0 Å². The van der Waals surface area contributed by atoms with E-state index in [0.29, 0.717) is 18.4 Å². The van der Waals surface area contributed by atoms with Crippen LogP contribution >= 0.6 is 0 Å². The summed E-state index contributed by atoms with van der Waals surface area (Å²) in [6, 6.07) is 17.5. The topological polar surface area (TPSA) is 76.9 Å². The summed E-state index contributed by atoms with van der Waals surface area (Å²) in [5, 5.41) is 7.11. The molecule has 1 aliphatic rings. The Kier molecular flexibility index (Phi) is 5.33. The zero-order valence-corrected chi connectivity index (χ0v) is 16.2. The van der Waals surface area contributed by atoms with E-state index in [4.69, 9.17) is 0 Å². The summed E-state index contributed by atoms with van der Waals surface area (Å²) >= 11 is 0. The highest BCUT2D eigenvalue weighted by atomic mass is 16.2. The molecule has 1 aromatic heterocycles. The normalized spacial score (nSPS) is 14.9. The highest BCUT2D eigenvalue weighted by Gasteiger charge is 2.26. The summed E-state index contributed by atoms with van der Waals surface area (Å²) < 4.78 is 1.68. The van der Waals surface area contributed by atoms with Crippen LogP contribution in [0, 0.1) is 0 Å². The van der Waals surface area contributed by atoms with E-state index in [1.54, 1.807) is 11.0 Å². The standard InChI is InChI=1S/C23H22N4O2/c1-16(17-7-9-19(10-8-17)27-15-24-14-25-27)26-23(29)13-21-20(11-12-22(21)28)18-5-3-2-4-6-18/h2-10,14-16H,11-13H2,1H3,(H,26,29). The Labute approximate surface area is 169 Å². The summed E-state index contributed by atoms with van der Waals surface area (Å²) in [6.45, 7) is 1.94. The average Bonchev–Trinajstić information content (AvgIpc) is 3.40. The van der Waals surface area contributed by atoms with Crippen LogP contribution in [0.15, 0.2) is 72.8 Å². The minimum Gasteiger partial charge on any atom is -0.349 e. The third kappa shape index (κ3) is 4.16. The van der Waals surface area contributed by atoms with Crippen LogP contribution < -0.4 is 5.32 Å². The van der Waals surface area contributed by atoms with E-state index in [1.165, 1.54) is 6.33 Å². The Morgan fingerprint density at radius 1 is 1.10 bits per heavy atom. The number of nitrogens with zero attached hydrogens (tertiary/aromatic N) is 3. The maximum absolute atomic E-state index is 12.6. The molecule has 1 amide bonds. The molecular formula is C23H22N4O2. The number of ketones is 1. The van der Waals surface area contributed by atoms with Gasteiger partial charge in [-0.2, -0.15) is 5.10 Å². The molecular weight excluding hydrogens is 364 g/mol. The van der Waals surface area contributed by atoms with Crippen LogP contribution in [-0.2, 0) is 9.59 Å². The van der Waals surface area contributed by atoms with Gasteiger partial charge >= 0.3 is 0 Å². The van der Waals surface area contributed by atoms with Gasteiger partial charge in [0.05, 0.1) is 18.2 Å². The number of nitrogens with one attached hydrogen (secondary N) is 1. The third-order valence-electron chi connectivity index (χ3n) is 5.22. The second kappa shape index (κ2) is 8.22. The minimum atomic E-state index is -0.162. The van der Waals surface area contributed by atoms with Crippen molar-refractivity contribution in [3.8, 4) is 5.69 Å². The van der Waals surface area contributed by atoms with Gasteiger partial charge in [0.2, 0.25) is 5.91 Å². The number of carbonyl (C=O) groups excluding carboxylic acids is 2. The summed E-state index contributed by atoms with van der Waals surface area (Å²) in [5.74, 6) is -0.0691. The highest BCUT2D eigenvalue weighted by Crippen LogP contribution is 2.33. The Balaban J connectivity index is 1.44. The lowest BCUT2D eigenvalue weighted by molar-refractivity contribution is -0.122. The summed E-state index contributed by atoms with van der Waals surface area (Å²) in [6.07, 6.45) is 4.41. The van der Waals surface area contributed by atoms with E-state index in [0.717, 1.165) is 22.4 Å². The second-order valence-corrected chi connectivity index (χ2v) is 7.14. The largest absolute Gasteiger partial charge is 0.349 e. The Bertz CT molecular complexity index is 1040. The molecule has 0 saturated heterocycles. The SMILES string of the molecule is CC(NC(=O)CC1=C(c2ccccc2)CCC1=O)c1ccc(-n2cncn2)cc1. The molecule has 2 aromatic carbocycles. The molecule has 4 rings (SSSR count). The van der Waals surface area contributed by atoms with Crippen molar-refractivity contribution < 1.29 is 9.59 Å². The number of amides is 1. The van der Waals surface area contributed by atoms with Crippen LogP contribution in [0.1, 0.15) is 43.4 Å². The van der Waals surface area contributed by atoms with Gasteiger partial charge < -0.3 is 5.32 Å². The predicted molar refractivity (Wildman–Crippen MR) is 110 cm³/mol. The fraction of sp³-hybridized carbons (Fsp3) is 0.217. The third-order valence-corrected chi connectivity index (χ3v) is 5.22. The van der Waals surface area contributed by atoms with Gasteiger partial charge in [0.15, 0.2) is 5.78 Å². The molecule has 0 aliphatic heterocycles. The number of benzene rings is 2. The molecule has 0 spiro atoms. The molecule has 1 aliphatic carbocycles. The van der Waals surface area contributed by atoms with Crippen molar-refractivity contribution in [2.45, 2.75) is 32.2 Å². The zero-order valence-electron chi connectivity index (χ0n) is 16.2. The molecule has 1 atom stereocenters. The zero-order chi connectivity index (χ0) is 20.2. The summed E-state index contributed by atoms with van der Waals surface area (Å²) in [7, 11) is 0. The van der Waals surface area contributed by atoms with Crippen LogP contribution in [0.25, 0.3) is 11.3 Å². The van der Waals surface area contributed by atoms with E-state index in [-0.39, 0.29) is 24.2 Å². The highest BCUT2D eigenvalue weighted by molar-refractivity contribution is 6.10. The number of Topliss-reactive ketones (excluding diaryl/α,β-unsaturated/α-hetero) is 1. The van der Waals surface area contributed by atoms with Crippen LogP contribution in [0.3, 0.4) is 0 Å². The average molecular weight is 386 g/mol. The van der Waals surface area contributed by atoms with Crippen molar-refractivity contribution in [1.82, 2.24) is 20.1 Å². The van der Waals surface area contributed by atoms with Gasteiger partial charge in [0, 0.05) is 12.0 Å². The second-order valence-electron chi connectivity index (χ2n) is 7.14. The molecule has 6 heteroatoms. The molecule has 0 radical (unpaired) electrons. The summed E-state index contributed by atoms with van der Waals surface area (Å²) in [4.78, 5) is 28.9. The first kappa shape index (κ1) is 18.8. The minimum absolute atomic E-state index is 0.0730. The summed E-state index contributed by atoms with van der Waals surface area (Å²) in [5.41, 5.74) is 4.55. The van der Waals surface area contributed by atoms with Crippen LogP contribution in [0.5, 0.6) is 0 Å². The Hall–Kier alpha value is -3.54. The molecule has 29 heavy (non-hydrogen) atoms. The number of aromatic nitrogens is 3. The van der Waals surface area contributed by atoms with Crippen LogP contribution in [-0.4, -0.2) is 26.5 Å². The molecule has 1 N–H and O–H groups in total. The van der Waals surface area contributed by atoms with E-state index >= 15 is 0 Å². The van der Waals surface area contributed by atoms with Gasteiger partial charge in [0.25, 0.3) is 0 Å². The molecule has 0 fully saturated rings. The van der Waals surface area contributed by atoms with Gasteiger partial charge in [-0.1, -0.05) is 42.5 Å². The fourth-order valence-corrected chi connectivity index (χ4v) is 3.67. The van der Waals surface area contributed by atoms with Crippen LogP contribution in [0.4, 0.5) is 0 Å². The van der Waals surface area contributed by atoms with Crippen molar-refractivity contribution in [3.63, 3.8) is 0 Å². The van der Waals surface area contributed by atoms with E-state index in [9.17, 15) is 9.59 Å². The van der Waals surface area contributed by atoms with Gasteiger partial charge in [0.1, 0.15) is 12.7 Å². The van der Waals surface area contributed by atoms with Crippen molar-refractivity contribution in [3.05, 3.63) is 84.0 Å². The smallest absolute Gasteiger partial charge is 0.225 e. The molecule has 1 heterocycles. The van der Waals surface area contributed by atoms with Gasteiger partial charge in [-0.15, -0.1) is 0 Å². The Morgan fingerprint density at radius 2 is 1.86 bits per heavy atom. The first-order chi connectivity index (χ1) is 14.1. The lowest BCUT2D eigenvalue weighted by atomic mass is 9.99. The van der Waals surface area contributed by atoms with Crippen molar-refractivity contribution in [2.24, 2.45) is 0 Å². The van der Waals surface area contributed by atoms with Gasteiger partial charge in [-0.05, 0) is 42.2 Å². The van der Waals surface area contributed by atoms with Gasteiger partial charge in [-0.25, -0.2) is 9.67 Å². The van der Waals surface area contributed by atoms with E-state index in [2.05, 4.69) is 15.4 Å². The number of hydrogen-bond donors (Lipinski definition) is 1. The molecule has 3 aromatic rings. The maximum Gasteiger partial charge on any atom is 0.225 e. The maximum atomic E-state index is 12.6. The fourth-order valence-electron chi connectivity index (χ4n) is 3.67. The van der Waals surface area contributed by atoms with Crippen molar-refractivity contribution in [1.29, 1.82) is 0 Å². The van der Waals surface area contributed by atoms with Crippen molar-refractivity contribution >= 4 is 17.3 Å². The number of allylic oxidation sites excluding steroid dienone is 1. The lowest BCUT2D eigenvalue weighted by Crippen LogP contribution is -2.27. The molecule has 1 unspecified atom stereocenters. The number of hydrogen-bond acceptors (Lipinski definition) is 4. The van der Waals surface area contributed by atoms with Crippen molar-refractivity contribution in [2.75, 3.05) is 0 Å². The quantitative estimate of drug-likeness (QED) is 0.701. The van der Waals surface area contributed by atoms with E-state index < -0.39 is 0 Å². The monoisotopic (exact) mass is 386 g/mol. The predicted octanol–water partition coefficient (Wildman–Crippen LogP) is 3.65. The van der Waals surface area contributed by atoms with E-state index in [1.807, 2.05) is 61.5 Å². The van der Waals surface area contributed by atoms with Gasteiger partial charge in [-0.3, -0.25) is 9.59 Å². The first-order valence-electron chi connectivity index (χ1n) is 9.67. The molecule has 0 saturated carbocycles. The molecule has 146 valence electrons. The first-order valence-corrected chi connectivity index (χ1v) is 9.67.